The molecule has 20 heavy (non-hydrogen) atoms. The van der Waals surface area contributed by atoms with Crippen molar-refractivity contribution in [3.63, 3.8) is 0 Å². The van der Waals surface area contributed by atoms with Crippen LogP contribution in [0.15, 0.2) is 24.3 Å². The maximum absolute atomic E-state index is 10.3. The van der Waals surface area contributed by atoms with Crippen LogP contribution < -0.4 is 0 Å². The van der Waals surface area contributed by atoms with Crippen LogP contribution in [0.25, 0.3) is 0 Å². The molecule has 0 aliphatic carbocycles. The van der Waals surface area contributed by atoms with Gasteiger partial charge in [0.25, 0.3) is 0 Å². The Labute approximate surface area is 120 Å². The van der Waals surface area contributed by atoms with Gasteiger partial charge in [-0.15, -0.1) is 0 Å². The van der Waals surface area contributed by atoms with Crippen LogP contribution in [0.2, 0.25) is 0 Å². The van der Waals surface area contributed by atoms with E-state index in [1.165, 1.54) is 30.8 Å². The van der Waals surface area contributed by atoms with E-state index in [-0.39, 0.29) is 11.1 Å². The SMILES string of the molecule is CC(C)C[N+](C)(C)C.O=C(O)c1ccc(C(=O)O)cc1. The summed E-state index contributed by atoms with van der Waals surface area (Å²) in [4.78, 5) is 20.7. The number of rotatable bonds is 4. The molecule has 2 N–H and O–H groups in total. The summed E-state index contributed by atoms with van der Waals surface area (Å²) in [7, 11) is 6.67. The number of carboxylic acid groups (broad SMARTS) is 2. The first-order valence-electron chi connectivity index (χ1n) is 6.40. The summed E-state index contributed by atoms with van der Waals surface area (Å²) in [5, 5.41) is 16.9. The summed E-state index contributed by atoms with van der Waals surface area (Å²) in [6, 6.07) is 5.02. The van der Waals surface area contributed by atoms with Gasteiger partial charge in [0, 0.05) is 5.92 Å². The second-order valence-electron chi connectivity index (χ2n) is 6.05. The van der Waals surface area contributed by atoms with Crippen molar-refractivity contribution in [1.82, 2.24) is 0 Å². The van der Waals surface area contributed by atoms with E-state index in [1.54, 1.807) is 0 Å². The Morgan fingerprint density at radius 2 is 1.25 bits per heavy atom. The number of carbonyl (C=O) groups is 2. The quantitative estimate of drug-likeness (QED) is 0.832. The lowest BCUT2D eigenvalue weighted by atomic mass is 10.1. The molecule has 0 saturated carbocycles. The highest BCUT2D eigenvalue weighted by atomic mass is 16.4. The second-order valence-corrected chi connectivity index (χ2v) is 6.05. The topological polar surface area (TPSA) is 74.6 Å². The Bertz CT molecular complexity index is 411. The summed E-state index contributed by atoms with van der Waals surface area (Å²) in [5.41, 5.74) is 0.167. The van der Waals surface area contributed by atoms with Crippen LogP contribution in [0.3, 0.4) is 0 Å². The number of hydrogen-bond donors (Lipinski definition) is 2. The van der Waals surface area contributed by atoms with Crippen LogP contribution >= 0.6 is 0 Å². The summed E-state index contributed by atoms with van der Waals surface area (Å²) in [6.45, 7) is 5.77. The molecule has 0 aromatic heterocycles. The van der Waals surface area contributed by atoms with Gasteiger partial charge < -0.3 is 14.7 Å². The van der Waals surface area contributed by atoms with Gasteiger partial charge in [0.1, 0.15) is 0 Å². The van der Waals surface area contributed by atoms with Gasteiger partial charge in [0.15, 0.2) is 0 Å². The summed E-state index contributed by atoms with van der Waals surface area (Å²) in [5.74, 6) is -1.31. The Kier molecular flexibility index (Phi) is 6.93. The van der Waals surface area contributed by atoms with E-state index in [2.05, 4.69) is 35.0 Å². The average Bonchev–Trinajstić information content (AvgIpc) is 2.26. The Hall–Kier alpha value is -1.88. The molecule has 1 aromatic carbocycles. The van der Waals surface area contributed by atoms with Crippen LogP contribution in [0.1, 0.15) is 34.6 Å². The third-order valence-corrected chi connectivity index (χ3v) is 2.29. The summed E-state index contributed by atoms with van der Waals surface area (Å²) < 4.78 is 1.08. The molecule has 5 heteroatoms. The smallest absolute Gasteiger partial charge is 0.335 e. The Morgan fingerprint density at radius 1 is 0.950 bits per heavy atom. The van der Waals surface area contributed by atoms with Crippen molar-refractivity contribution >= 4 is 11.9 Å². The first-order chi connectivity index (χ1) is 9.03. The van der Waals surface area contributed by atoms with Gasteiger partial charge >= 0.3 is 11.9 Å². The zero-order valence-corrected chi connectivity index (χ0v) is 12.8. The first kappa shape index (κ1) is 18.1. The van der Waals surface area contributed by atoms with Crippen LogP contribution in [0, 0.1) is 5.92 Å². The highest BCUT2D eigenvalue weighted by Crippen LogP contribution is 2.03. The molecule has 0 fully saturated rings. The van der Waals surface area contributed by atoms with E-state index < -0.39 is 11.9 Å². The lowest BCUT2D eigenvalue weighted by Crippen LogP contribution is -2.37. The van der Waals surface area contributed by atoms with E-state index in [9.17, 15) is 9.59 Å². The van der Waals surface area contributed by atoms with Crippen LogP contribution in [0.5, 0.6) is 0 Å². The third-order valence-electron chi connectivity index (χ3n) is 2.29. The van der Waals surface area contributed by atoms with Crippen molar-refractivity contribution in [2.45, 2.75) is 13.8 Å². The zero-order chi connectivity index (χ0) is 15.9. The zero-order valence-electron chi connectivity index (χ0n) is 12.8. The lowest BCUT2D eigenvalue weighted by molar-refractivity contribution is -0.873. The standard InChI is InChI=1S/C8H6O4.C7H18N/c9-7(10)5-1-2-6(4-3-5)8(11)12;1-7(2)6-8(3,4)5/h1-4H,(H,9,10)(H,11,12);7H,6H2,1-5H3/q;+1. The lowest BCUT2D eigenvalue weighted by Gasteiger charge is -2.25. The molecule has 0 unspecified atom stereocenters. The molecule has 0 amide bonds. The van der Waals surface area contributed by atoms with Gasteiger partial charge in [0.05, 0.1) is 38.8 Å². The largest absolute Gasteiger partial charge is 0.478 e. The van der Waals surface area contributed by atoms with E-state index >= 15 is 0 Å². The number of hydrogen-bond acceptors (Lipinski definition) is 2. The maximum atomic E-state index is 10.3. The van der Waals surface area contributed by atoms with Gasteiger partial charge in [-0.2, -0.15) is 0 Å². The van der Waals surface area contributed by atoms with Crippen molar-refractivity contribution in [2.24, 2.45) is 5.92 Å². The number of aromatic carboxylic acids is 2. The molecule has 112 valence electrons. The van der Waals surface area contributed by atoms with Gasteiger partial charge in [-0.25, -0.2) is 9.59 Å². The van der Waals surface area contributed by atoms with Gasteiger partial charge in [-0.05, 0) is 24.3 Å². The highest BCUT2D eigenvalue weighted by molar-refractivity contribution is 5.91. The first-order valence-corrected chi connectivity index (χ1v) is 6.40. The summed E-state index contributed by atoms with van der Waals surface area (Å²) in [6.07, 6.45) is 0. The monoisotopic (exact) mass is 282 g/mol. The minimum Gasteiger partial charge on any atom is -0.478 e. The molecule has 5 nitrogen and oxygen atoms in total. The fourth-order valence-corrected chi connectivity index (χ4v) is 1.85. The van der Waals surface area contributed by atoms with Crippen molar-refractivity contribution in [3.05, 3.63) is 35.4 Å². The van der Waals surface area contributed by atoms with Crippen molar-refractivity contribution in [3.8, 4) is 0 Å². The molecular formula is C15H24NO4+. The average molecular weight is 282 g/mol. The second kappa shape index (κ2) is 7.65. The van der Waals surface area contributed by atoms with Crippen LogP contribution in [-0.2, 0) is 0 Å². The summed E-state index contributed by atoms with van der Waals surface area (Å²) >= 11 is 0. The van der Waals surface area contributed by atoms with Gasteiger partial charge in [-0.3, -0.25) is 0 Å². The Balaban J connectivity index is 0.000000396. The molecule has 0 spiro atoms. The number of benzene rings is 1. The maximum Gasteiger partial charge on any atom is 0.335 e. The molecule has 0 radical (unpaired) electrons. The predicted octanol–water partition coefficient (Wildman–Crippen LogP) is 2.43. The molecule has 0 aliphatic rings. The third kappa shape index (κ3) is 8.26. The molecule has 1 aromatic rings. The normalized spacial score (nSPS) is 10.7. The molecule has 0 heterocycles. The molecule has 0 atom stereocenters. The van der Waals surface area contributed by atoms with E-state index in [1.807, 2.05) is 0 Å². The Morgan fingerprint density at radius 3 is 1.35 bits per heavy atom. The van der Waals surface area contributed by atoms with E-state index in [4.69, 9.17) is 10.2 Å². The predicted molar refractivity (Wildman–Crippen MR) is 78.1 cm³/mol. The van der Waals surface area contributed by atoms with E-state index in [0.29, 0.717) is 0 Å². The molecule has 0 bridgehead atoms. The van der Waals surface area contributed by atoms with Gasteiger partial charge in [0.2, 0.25) is 0 Å². The van der Waals surface area contributed by atoms with Crippen molar-refractivity contribution in [1.29, 1.82) is 0 Å². The molecule has 0 saturated heterocycles. The minimum absolute atomic E-state index is 0.0833. The van der Waals surface area contributed by atoms with Crippen LogP contribution in [0.4, 0.5) is 0 Å². The highest BCUT2D eigenvalue weighted by Gasteiger charge is 2.08. The molecule has 1 rings (SSSR count). The van der Waals surface area contributed by atoms with E-state index in [0.717, 1.165) is 10.4 Å². The van der Waals surface area contributed by atoms with Gasteiger partial charge in [-0.1, -0.05) is 13.8 Å². The molecular weight excluding hydrogens is 258 g/mol. The van der Waals surface area contributed by atoms with Crippen molar-refractivity contribution < 1.29 is 24.3 Å². The molecule has 0 aliphatic heterocycles. The van der Waals surface area contributed by atoms with Crippen molar-refractivity contribution in [2.75, 3.05) is 27.7 Å². The number of quaternary nitrogens is 1. The number of carboxylic acids is 2. The fraction of sp³-hybridized carbons (Fsp3) is 0.467. The number of nitrogens with zero attached hydrogens (tertiary/aromatic N) is 1. The minimum atomic E-state index is -1.06. The fourth-order valence-electron chi connectivity index (χ4n) is 1.85. The van der Waals surface area contributed by atoms with Crippen LogP contribution in [-0.4, -0.2) is 54.3 Å².